The fraction of sp³-hybridized carbons (Fsp3) is 0.875. The second-order valence-corrected chi connectivity index (χ2v) is 14.2. The van der Waals surface area contributed by atoms with Crippen molar-refractivity contribution in [1.82, 2.24) is 5.32 Å². The zero-order valence-electron chi connectivity index (χ0n) is 26.8. The van der Waals surface area contributed by atoms with Crippen molar-refractivity contribution in [2.75, 3.05) is 27.7 Å². The van der Waals surface area contributed by atoms with Crippen LogP contribution in [0.5, 0.6) is 0 Å². The van der Waals surface area contributed by atoms with Crippen molar-refractivity contribution in [2.24, 2.45) is 5.92 Å². The Morgan fingerprint density at radius 3 is 1.75 bits per heavy atom. The summed E-state index contributed by atoms with van der Waals surface area (Å²) in [6.07, 6.45) is 17.7. The molecule has 0 rings (SSSR count). The van der Waals surface area contributed by atoms with E-state index in [-0.39, 0.29) is 31.0 Å². The molecule has 0 aromatic carbocycles. The van der Waals surface area contributed by atoms with Gasteiger partial charge >= 0.3 is 0 Å². The summed E-state index contributed by atoms with van der Waals surface area (Å²) in [5.74, 6) is 0.128. The average Bonchev–Trinajstić information content (AvgIpc) is 2.88. The topological polar surface area (TPSA) is 101 Å². The summed E-state index contributed by atoms with van der Waals surface area (Å²) >= 11 is 0. The van der Waals surface area contributed by atoms with Gasteiger partial charge in [0.15, 0.2) is 19.2 Å². The summed E-state index contributed by atoms with van der Waals surface area (Å²) in [7, 11) is 3.40. The van der Waals surface area contributed by atoms with E-state index in [0.29, 0.717) is 36.2 Å². The van der Waals surface area contributed by atoms with Gasteiger partial charge in [0, 0.05) is 31.7 Å². The van der Waals surface area contributed by atoms with Gasteiger partial charge < -0.3 is 14.7 Å². The summed E-state index contributed by atoms with van der Waals surface area (Å²) < 4.78 is 0.561. The normalized spacial score (nSPS) is 14.0. The van der Waals surface area contributed by atoms with Gasteiger partial charge in [-0.25, -0.2) is 0 Å². The molecule has 2 N–H and O–H groups in total. The van der Waals surface area contributed by atoms with Crippen molar-refractivity contribution in [3.8, 4) is 0 Å². The Balaban J connectivity index is 4.64. The average molecular weight is 586 g/mol. The molecule has 8 heteroatoms. The molecule has 0 aliphatic rings. The molecule has 0 aromatic rings. The molecule has 0 fully saturated rings. The molecule has 0 aromatic heterocycles. The van der Waals surface area contributed by atoms with Crippen LogP contribution in [-0.4, -0.2) is 65.8 Å². The van der Waals surface area contributed by atoms with Crippen LogP contribution in [0.15, 0.2) is 0 Å². The third-order valence-electron chi connectivity index (χ3n) is 7.52. The first kappa shape index (κ1) is 38.8. The number of hydrogen-bond acceptors (Lipinski definition) is 5. The molecule has 0 heterocycles. The Kier molecular flexibility index (Phi) is 22.7. The van der Waals surface area contributed by atoms with Crippen LogP contribution in [0.2, 0.25) is 0 Å². The van der Waals surface area contributed by atoms with Crippen molar-refractivity contribution < 1.29 is 28.6 Å². The van der Waals surface area contributed by atoms with E-state index in [1.807, 2.05) is 28.1 Å². The van der Waals surface area contributed by atoms with Crippen molar-refractivity contribution in [3.05, 3.63) is 0 Å². The van der Waals surface area contributed by atoms with Crippen LogP contribution in [0.4, 0.5) is 0 Å². The third kappa shape index (κ3) is 21.6. The minimum absolute atomic E-state index is 0.0307. The SMILES string of the molecule is CCCCCCCCCCCCCC(CC)CC(=O)CC(CC(=O)P(O)C(=O)CC[N+](C)(C)C)NC(=O)CCC. The van der Waals surface area contributed by atoms with Gasteiger partial charge in [-0.3, -0.25) is 19.2 Å². The zero-order chi connectivity index (χ0) is 30.4. The number of carbonyl (C=O) groups excluding carboxylic acids is 4. The lowest BCUT2D eigenvalue weighted by Gasteiger charge is -2.24. The fourth-order valence-corrected chi connectivity index (χ4v) is 5.89. The highest BCUT2D eigenvalue weighted by atomic mass is 31.1. The lowest BCUT2D eigenvalue weighted by atomic mass is 9.91. The molecular formula is C32H62N2O5P+. The molecule has 3 atom stereocenters. The number of hydrogen-bond donors (Lipinski definition) is 2. The van der Waals surface area contributed by atoms with Gasteiger partial charge in [-0.1, -0.05) is 104 Å². The van der Waals surface area contributed by atoms with Crippen LogP contribution < -0.4 is 5.32 Å². The molecule has 0 aliphatic heterocycles. The number of unbranched alkanes of at least 4 members (excludes halogenated alkanes) is 10. The van der Waals surface area contributed by atoms with Crippen LogP contribution in [0.25, 0.3) is 0 Å². The first-order valence-corrected chi connectivity index (χ1v) is 17.4. The Bertz CT molecular complexity index is 723. The van der Waals surface area contributed by atoms with Gasteiger partial charge in [-0.2, -0.15) is 0 Å². The minimum atomic E-state index is -2.44. The molecule has 0 radical (unpaired) electrons. The molecule has 0 aliphatic carbocycles. The highest BCUT2D eigenvalue weighted by molar-refractivity contribution is 7.84. The van der Waals surface area contributed by atoms with Crippen molar-refractivity contribution in [2.45, 2.75) is 149 Å². The molecular weight excluding hydrogens is 523 g/mol. The number of nitrogens with zero attached hydrogens (tertiary/aromatic N) is 1. The van der Waals surface area contributed by atoms with Gasteiger partial charge in [0.2, 0.25) is 5.91 Å². The lowest BCUT2D eigenvalue weighted by molar-refractivity contribution is -0.869. The number of carbonyl (C=O) groups is 4. The van der Waals surface area contributed by atoms with Crippen LogP contribution in [0.3, 0.4) is 0 Å². The smallest absolute Gasteiger partial charge is 0.220 e. The van der Waals surface area contributed by atoms with E-state index in [1.165, 1.54) is 64.2 Å². The highest BCUT2D eigenvalue weighted by Gasteiger charge is 2.29. The Morgan fingerprint density at radius 1 is 0.700 bits per heavy atom. The maximum Gasteiger partial charge on any atom is 0.220 e. The predicted molar refractivity (Wildman–Crippen MR) is 167 cm³/mol. The molecule has 0 spiro atoms. The predicted octanol–water partition coefficient (Wildman–Crippen LogP) is 7.28. The molecule has 40 heavy (non-hydrogen) atoms. The number of rotatable bonds is 27. The Labute approximate surface area is 247 Å². The standard InChI is InChI=1S/C32H61N2O5P/c1-7-10-11-12-13-14-15-16-17-18-19-21-27(9-3)24-29(35)25-28(33-30(36)20-8-2)26-32(38)40(39)31(37)22-23-34(4,5)6/h27-28,39H,7-26H2,1-6H3/p+1. The molecule has 0 bridgehead atoms. The zero-order valence-corrected chi connectivity index (χ0v) is 27.7. The molecule has 7 nitrogen and oxygen atoms in total. The van der Waals surface area contributed by atoms with Crippen LogP contribution in [-0.2, 0) is 19.2 Å². The van der Waals surface area contributed by atoms with E-state index >= 15 is 0 Å². The Morgan fingerprint density at radius 2 is 1.25 bits per heavy atom. The molecule has 0 saturated carbocycles. The number of Topliss-reactive ketones (excluding diaryl/α,β-unsaturated/α-hetero) is 1. The van der Waals surface area contributed by atoms with Crippen LogP contribution in [0, 0.1) is 5.92 Å². The number of nitrogens with one attached hydrogen (secondary N) is 1. The number of amides is 1. The maximum atomic E-state index is 13.0. The summed E-state index contributed by atoms with van der Waals surface area (Å²) in [4.78, 5) is 60.8. The van der Waals surface area contributed by atoms with Gasteiger partial charge in [0.25, 0.3) is 0 Å². The van der Waals surface area contributed by atoms with Crippen molar-refractivity contribution in [3.63, 3.8) is 0 Å². The lowest BCUT2D eigenvalue weighted by Crippen LogP contribution is -2.38. The van der Waals surface area contributed by atoms with Gasteiger partial charge in [0.05, 0.1) is 34.1 Å². The Hall–Kier alpha value is -1.17. The van der Waals surface area contributed by atoms with Gasteiger partial charge in [0.1, 0.15) is 5.78 Å². The number of quaternary nitrogens is 1. The second-order valence-electron chi connectivity index (χ2n) is 12.6. The molecule has 1 amide bonds. The number of ketones is 1. The highest BCUT2D eigenvalue weighted by Crippen LogP contribution is 2.36. The van der Waals surface area contributed by atoms with E-state index in [2.05, 4.69) is 19.2 Å². The monoisotopic (exact) mass is 585 g/mol. The molecule has 234 valence electrons. The first-order valence-electron chi connectivity index (χ1n) is 16.1. The summed E-state index contributed by atoms with van der Waals surface area (Å²) in [5, 5.41) is 2.82. The summed E-state index contributed by atoms with van der Waals surface area (Å²) in [5.41, 5.74) is -1.01. The first-order chi connectivity index (χ1) is 18.9. The van der Waals surface area contributed by atoms with E-state index in [1.54, 1.807) is 0 Å². The minimum Gasteiger partial charge on any atom is -0.360 e. The quantitative estimate of drug-likeness (QED) is 0.0600. The van der Waals surface area contributed by atoms with Crippen LogP contribution in [0.1, 0.15) is 143 Å². The van der Waals surface area contributed by atoms with Crippen LogP contribution >= 0.6 is 8.15 Å². The maximum absolute atomic E-state index is 13.0. The summed E-state index contributed by atoms with van der Waals surface area (Å²) in [6.45, 7) is 6.78. The van der Waals surface area contributed by atoms with E-state index in [9.17, 15) is 24.1 Å². The van der Waals surface area contributed by atoms with Gasteiger partial charge in [-0.05, 0) is 12.3 Å². The molecule has 3 unspecified atom stereocenters. The summed E-state index contributed by atoms with van der Waals surface area (Å²) in [6, 6.07) is -0.679. The largest absolute Gasteiger partial charge is 0.360 e. The van der Waals surface area contributed by atoms with Crippen molar-refractivity contribution in [1.29, 1.82) is 0 Å². The second kappa shape index (κ2) is 23.4. The fourth-order valence-electron chi connectivity index (χ4n) is 4.90. The molecule has 0 saturated heterocycles. The van der Waals surface area contributed by atoms with E-state index in [4.69, 9.17) is 0 Å². The van der Waals surface area contributed by atoms with Gasteiger partial charge in [-0.15, -0.1) is 0 Å². The van der Waals surface area contributed by atoms with E-state index < -0.39 is 25.2 Å². The third-order valence-corrected chi connectivity index (χ3v) is 8.87. The van der Waals surface area contributed by atoms with E-state index in [0.717, 1.165) is 19.3 Å². The van der Waals surface area contributed by atoms with Crippen molar-refractivity contribution >= 4 is 30.9 Å².